The normalized spacial score (nSPS) is 12.2. The first-order chi connectivity index (χ1) is 13.6. The lowest BCUT2D eigenvalue weighted by Crippen LogP contribution is -2.22. The molecule has 6 nitrogen and oxygen atoms in total. The van der Waals surface area contributed by atoms with E-state index in [0.717, 1.165) is 20.7 Å². The first-order valence-corrected chi connectivity index (χ1v) is 10.4. The van der Waals surface area contributed by atoms with Crippen LogP contribution in [0.25, 0.3) is 5.65 Å². The smallest absolute Gasteiger partial charge is 0.237 e. The Hall–Kier alpha value is -2.58. The highest BCUT2D eigenvalue weighted by Gasteiger charge is 2.15. The number of carbonyl (C=O) groups excluding carboxylic acids is 1. The van der Waals surface area contributed by atoms with Gasteiger partial charge in [0.1, 0.15) is 5.65 Å². The molecule has 0 aliphatic heterocycles. The molecule has 3 heterocycles. The first kappa shape index (κ1) is 18.8. The van der Waals surface area contributed by atoms with Crippen molar-refractivity contribution in [3.05, 3.63) is 77.4 Å². The number of nitrogens with zero attached hydrogens (tertiary/aromatic N) is 4. The number of halogens is 1. The molecule has 0 saturated heterocycles. The number of aromatic nitrogens is 4. The van der Waals surface area contributed by atoms with Crippen molar-refractivity contribution in [3.8, 4) is 0 Å². The Morgan fingerprint density at radius 1 is 1.21 bits per heavy atom. The summed E-state index contributed by atoms with van der Waals surface area (Å²) in [5, 5.41) is 7.04. The summed E-state index contributed by atoms with van der Waals surface area (Å²) in [7, 11) is 0. The zero-order chi connectivity index (χ0) is 19.5. The third-order valence-electron chi connectivity index (χ3n) is 4.13. The lowest BCUT2D eigenvalue weighted by molar-refractivity contribution is -0.115. The maximum absolute atomic E-state index is 12.5. The van der Waals surface area contributed by atoms with Gasteiger partial charge in [-0.1, -0.05) is 22.0 Å². The number of thioether (sulfide) groups is 1. The molecule has 0 spiro atoms. The minimum atomic E-state index is -0.219. The van der Waals surface area contributed by atoms with Crippen molar-refractivity contribution >= 4 is 44.9 Å². The molecule has 1 aromatic carbocycles. The lowest BCUT2D eigenvalue weighted by atomic mass is 10.4. The molecule has 4 rings (SSSR count). The Balaban J connectivity index is 1.37. The van der Waals surface area contributed by atoms with Crippen molar-refractivity contribution in [1.82, 2.24) is 19.2 Å². The maximum Gasteiger partial charge on any atom is 0.237 e. The first-order valence-electron chi connectivity index (χ1n) is 8.75. The van der Waals surface area contributed by atoms with Gasteiger partial charge in [0.05, 0.1) is 29.4 Å². The molecule has 0 bridgehead atoms. The van der Waals surface area contributed by atoms with Gasteiger partial charge in [-0.2, -0.15) is 5.10 Å². The lowest BCUT2D eigenvalue weighted by Gasteiger charge is -2.10. The molecule has 3 aromatic heterocycles. The number of carbonyl (C=O) groups is 1. The molecular weight excluding hydrogens is 438 g/mol. The quantitative estimate of drug-likeness (QED) is 0.435. The summed E-state index contributed by atoms with van der Waals surface area (Å²) < 4.78 is 4.76. The molecule has 0 aliphatic carbocycles. The van der Waals surface area contributed by atoms with Gasteiger partial charge in [-0.25, -0.2) is 4.98 Å². The number of amides is 1. The zero-order valence-corrected chi connectivity index (χ0v) is 17.5. The fourth-order valence-electron chi connectivity index (χ4n) is 2.76. The SMILES string of the molecule is CC(Sc1ccc(Br)cc1)C(=O)Nc1cnn(Cc2cn3ccccc3n2)c1. The van der Waals surface area contributed by atoms with E-state index in [1.807, 2.05) is 72.4 Å². The highest BCUT2D eigenvalue weighted by Crippen LogP contribution is 2.25. The third-order valence-corrected chi connectivity index (χ3v) is 5.78. The fraction of sp³-hybridized carbons (Fsp3) is 0.150. The topological polar surface area (TPSA) is 64.2 Å². The molecule has 1 unspecified atom stereocenters. The van der Waals surface area contributed by atoms with E-state index in [1.54, 1.807) is 10.9 Å². The highest BCUT2D eigenvalue weighted by atomic mass is 79.9. The van der Waals surface area contributed by atoms with Crippen LogP contribution in [0.2, 0.25) is 0 Å². The zero-order valence-electron chi connectivity index (χ0n) is 15.1. The second-order valence-corrected chi connectivity index (χ2v) is 8.66. The predicted molar refractivity (Wildman–Crippen MR) is 115 cm³/mol. The van der Waals surface area contributed by atoms with Gasteiger partial charge in [0, 0.05) is 28.0 Å². The molecule has 0 radical (unpaired) electrons. The van der Waals surface area contributed by atoms with Gasteiger partial charge in [-0.15, -0.1) is 11.8 Å². The third kappa shape index (κ3) is 4.45. The Bertz CT molecular complexity index is 1070. The Morgan fingerprint density at radius 2 is 2.04 bits per heavy atom. The highest BCUT2D eigenvalue weighted by molar-refractivity contribution is 9.10. The summed E-state index contributed by atoms with van der Waals surface area (Å²) in [4.78, 5) is 18.1. The van der Waals surface area contributed by atoms with E-state index in [1.165, 1.54) is 11.8 Å². The number of fused-ring (bicyclic) bond motifs is 1. The van der Waals surface area contributed by atoms with Crippen LogP contribution >= 0.6 is 27.7 Å². The minimum Gasteiger partial charge on any atom is -0.322 e. The molecule has 28 heavy (non-hydrogen) atoms. The summed E-state index contributed by atoms with van der Waals surface area (Å²) in [5.74, 6) is -0.0554. The summed E-state index contributed by atoms with van der Waals surface area (Å²) >= 11 is 4.94. The van der Waals surface area contributed by atoms with Crippen LogP contribution in [0.1, 0.15) is 12.6 Å². The molecule has 0 fully saturated rings. The molecule has 0 aliphatic rings. The Kier molecular flexibility index (Phi) is 5.50. The molecule has 1 amide bonds. The van der Waals surface area contributed by atoms with E-state index >= 15 is 0 Å². The summed E-state index contributed by atoms with van der Waals surface area (Å²) in [6, 6.07) is 13.8. The summed E-state index contributed by atoms with van der Waals surface area (Å²) in [6.45, 7) is 2.43. The maximum atomic E-state index is 12.5. The predicted octanol–water partition coefficient (Wildman–Crippen LogP) is 4.46. The van der Waals surface area contributed by atoms with Gasteiger partial charge in [0.2, 0.25) is 5.91 Å². The Morgan fingerprint density at radius 3 is 2.82 bits per heavy atom. The van der Waals surface area contributed by atoms with Crippen LogP contribution in [-0.4, -0.2) is 30.3 Å². The molecular formula is C20H18BrN5OS. The van der Waals surface area contributed by atoms with Crippen molar-refractivity contribution in [2.45, 2.75) is 23.6 Å². The van der Waals surface area contributed by atoms with Gasteiger partial charge in [-0.3, -0.25) is 9.48 Å². The van der Waals surface area contributed by atoms with E-state index in [0.29, 0.717) is 12.2 Å². The number of benzene rings is 1. The van der Waals surface area contributed by atoms with Crippen molar-refractivity contribution in [1.29, 1.82) is 0 Å². The van der Waals surface area contributed by atoms with Gasteiger partial charge in [-0.05, 0) is 43.3 Å². The average Bonchev–Trinajstić information content (AvgIpc) is 3.29. The van der Waals surface area contributed by atoms with Crippen LogP contribution in [0.5, 0.6) is 0 Å². The minimum absolute atomic E-state index is 0.0554. The van der Waals surface area contributed by atoms with Crippen molar-refractivity contribution in [2.24, 2.45) is 0 Å². The standard InChI is InChI=1S/C20H18BrN5OS/c1-14(28-18-7-5-15(21)6-8-18)20(27)24-16-10-22-26(12-16)13-17-11-25-9-3-2-4-19(25)23-17/h2-12,14H,13H2,1H3,(H,24,27). The molecule has 4 aromatic rings. The number of anilines is 1. The van der Waals surface area contributed by atoms with Crippen LogP contribution in [-0.2, 0) is 11.3 Å². The average molecular weight is 456 g/mol. The molecule has 1 atom stereocenters. The van der Waals surface area contributed by atoms with Gasteiger partial charge in [0.15, 0.2) is 0 Å². The van der Waals surface area contributed by atoms with Crippen LogP contribution in [0, 0.1) is 0 Å². The van der Waals surface area contributed by atoms with Gasteiger partial charge < -0.3 is 9.72 Å². The number of hydrogen-bond acceptors (Lipinski definition) is 4. The van der Waals surface area contributed by atoms with Crippen molar-refractivity contribution in [2.75, 3.05) is 5.32 Å². The van der Waals surface area contributed by atoms with Crippen molar-refractivity contribution < 1.29 is 4.79 Å². The van der Waals surface area contributed by atoms with E-state index in [4.69, 9.17) is 0 Å². The summed E-state index contributed by atoms with van der Waals surface area (Å²) in [5.41, 5.74) is 2.49. The van der Waals surface area contributed by atoms with Crippen LogP contribution < -0.4 is 5.32 Å². The van der Waals surface area contributed by atoms with Crippen LogP contribution in [0.15, 0.2) is 76.6 Å². The fourth-order valence-corrected chi connectivity index (χ4v) is 3.89. The molecule has 0 saturated carbocycles. The Labute approximate surface area is 175 Å². The molecule has 142 valence electrons. The van der Waals surface area contributed by atoms with E-state index in [-0.39, 0.29) is 11.2 Å². The number of nitrogens with one attached hydrogen (secondary N) is 1. The second kappa shape index (κ2) is 8.20. The van der Waals surface area contributed by atoms with E-state index < -0.39 is 0 Å². The number of pyridine rings is 1. The molecule has 1 N–H and O–H groups in total. The van der Waals surface area contributed by atoms with Gasteiger partial charge in [0.25, 0.3) is 0 Å². The van der Waals surface area contributed by atoms with Crippen molar-refractivity contribution in [3.63, 3.8) is 0 Å². The molecule has 8 heteroatoms. The number of rotatable bonds is 6. The van der Waals surface area contributed by atoms with Gasteiger partial charge >= 0.3 is 0 Å². The van der Waals surface area contributed by atoms with E-state index in [2.05, 4.69) is 31.3 Å². The largest absolute Gasteiger partial charge is 0.322 e. The number of hydrogen-bond donors (Lipinski definition) is 1. The van der Waals surface area contributed by atoms with Crippen LogP contribution in [0.4, 0.5) is 5.69 Å². The van der Waals surface area contributed by atoms with Crippen LogP contribution in [0.3, 0.4) is 0 Å². The van der Waals surface area contributed by atoms with E-state index in [9.17, 15) is 4.79 Å². The second-order valence-electron chi connectivity index (χ2n) is 6.33. The number of imidazole rings is 1. The summed E-state index contributed by atoms with van der Waals surface area (Å²) in [6.07, 6.45) is 7.42. The monoisotopic (exact) mass is 455 g/mol.